The molecular formula is C13H15NOS. The van der Waals surface area contributed by atoms with Crippen LogP contribution in [-0.2, 0) is 4.79 Å². The molecular weight excluding hydrogens is 218 g/mol. The van der Waals surface area contributed by atoms with Crippen LogP contribution in [0.5, 0.6) is 0 Å². The van der Waals surface area contributed by atoms with Gasteiger partial charge in [-0.1, -0.05) is 30.3 Å². The van der Waals surface area contributed by atoms with Crippen molar-refractivity contribution in [2.24, 2.45) is 0 Å². The first-order chi connectivity index (χ1) is 7.74. The molecule has 3 heteroatoms. The average molecular weight is 233 g/mol. The monoisotopic (exact) mass is 233 g/mol. The normalized spacial score (nSPS) is 20.9. The van der Waals surface area contributed by atoms with E-state index in [4.69, 9.17) is 0 Å². The Labute approximate surface area is 100 Å². The lowest BCUT2D eigenvalue weighted by atomic mass is 10.1. The van der Waals surface area contributed by atoms with Crippen LogP contribution < -0.4 is 0 Å². The lowest BCUT2D eigenvalue weighted by Crippen LogP contribution is -2.34. The SMILES string of the molecule is CCN1C(=O)C(c2ccccc2)SC=C1C. The first-order valence-corrected chi connectivity index (χ1v) is 6.37. The molecule has 16 heavy (non-hydrogen) atoms. The van der Waals surface area contributed by atoms with Crippen LogP contribution in [0, 0.1) is 0 Å². The van der Waals surface area contributed by atoms with Crippen LogP contribution in [0.4, 0.5) is 0 Å². The number of allylic oxidation sites excluding steroid dienone is 1. The fraction of sp³-hybridized carbons (Fsp3) is 0.308. The number of thioether (sulfide) groups is 1. The summed E-state index contributed by atoms with van der Waals surface area (Å²) in [6, 6.07) is 9.95. The molecule has 1 unspecified atom stereocenters. The van der Waals surface area contributed by atoms with E-state index in [9.17, 15) is 4.79 Å². The molecule has 2 nitrogen and oxygen atoms in total. The molecule has 0 saturated heterocycles. The van der Waals surface area contributed by atoms with E-state index in [1.807, 2.05) is 49.1 Å². The van der Waals surface area contributed by atoms with E-state index in [-0.39, 0.29) is 11.2 Å². The number of carbonyl (C=O) groups excluding carboxylic acids is 1. The zero-order chi connectivity index (χ0) is 11.5. The first-order valence-electron chi connectivity index (χ1n) is 5.42. The highest BCUT2D eigenvalue weighted by molar-refractivity contribution is 8.03. The number of likely N-dealkylation sites (N-methyl/N-ethyl adjacent to an activating group) is 1. The minimum absolute atomic E-state index is 0.0788. The van der Waals surface area contributed by atoms with Gasteiger partial charge in [0.05, 0.1) is 0 Å². The van der Waals surface area contributed by atoms with Gasteiger partial charge < -0.3 is 4.90 Å². The summed E-state index contributed by atoms with van der Waals surface area (Å²) in [5.41, 5.74) is 2.13. The molecule has 1 aromatic rings. The summed E-state index contributed by atoms with van der Waals surface area (Å²) in [6.07, 6.45) is 0. The first kappa shape index (κ1) is 11.3. The second-order valence-corrected chi connectivity index (χ2v) is 4.75. The van der Waals surface area contributed by atoms with E-state index in [0.717, 1.165) is 17.8 Å². The van der Waals surface area contributed by atoms with Gasteiger partial charge in [-0.3, -0.25) is 4.79 Å². The van der Waals surface area contributed by atoms with Crippen LogP contribution in [-0.4, -0.2) is 17.4 Å². The quantitative estimate of drug-likeness (QED) is 0.782. The second-order valence-electron chi connectivity index (χ2n) is 3.77. The second kappa shape index (κ2) is 4.74. The van der Waals surface area contributed by atoms with Gasteiger partial charge in [0.1, 0.15) is 5.25 Å². The molecule has 0 aliphatic carbocycles. The molecule has 0 bridgehead atoms. The van der Waals surface area contributed by atoms with E-state index in [2.05, 4.69) is 5.41 Å². The summed E-state index contributed by atoms with van der Waals surface area (Å²) in [5, 5.41) is 1.99. The Kier molecular flexibility index (Phi) is 3.34. The van der Waals surface area contributed by atoms with Gasteiger partial charge in [0.2, 0.25) is 5.91 Å². The van der Waals surface area contributed by atoms with Crippen molar-refractivity contribution in [1.29, 1.82) is 0 Å². The standard InChI is InChI=1S/C13H15NOS/c1-3-14-10(2)9-16-12(13(14)15)11-7-5-4-6-8-11/h4-9,12H,3H2,1-2H3. The summed E-state index contributed by atoms with van der Waals surface area (Å²) < 4.78 is 0. The Hall–Kier alpha value is -1.22. The van der Waals surface area contributed by atoms with Gasteiger partial charge in [-0.05, 0) is 24.8 Å². The molecule has 0 aromatic heterocycles. The molecule has 0 saturated carbocycles. The van der Waals surface area contributed by atoms with Crippen LogP contribution in [0.3, 0.4) is 0 Å². The number of rotatable bonds is 2. The van der Waals surface area contributed by atoms with Crippen molar-refractivity contribution in [3.63, 3.8) is 0 Å². The van der Waals surface area contributed by atoms with Crippen molar-refractivity contribution >= 4 is 17.7 Å². The van der Waals surface area contributed by atoms with E-state index in [1.54, 1.807) is 11.8 Å². The fourth-order valence-electron chi connectivity index (χ4n) is 1.86. The number of carbonyl (C=O) groups is 1. The van der Waals surface area contributed by atoms with Gasteiger partial charge in [0, 0.05) is 12.2 Å². The summed E-state index contributed by atoms with van der Waals surface area (Å²) in [6.45, 7) is 4.73. The molecule has 0 N–H and O–H groups in total. The van der Waals surface area contributed by atoms with Gasteiger partial charge in [0.25, 0.3) is 0 Å². The van der Waals surface area contributed by atoms with Crippen molar-refractivity contribution in [2.75, 3.05) is 6.54 Å². The maximum Gasteiger partial charge on any atom is 0.244 e. The topological polar surface area (TPSA) is 20.3 Å². The van der Waals surface area contributed by atoms with E-state index in [0.29, 0.717) is 0 Å². The summed E-state index contributed by atoms with van der Waals surface area (Å²) in [7, 11) is 0. The van der Waals surface area contributed by atoms with Crippen molar-refractivity contribution in [2.45, 2.75) is 19.1 Å². The molecule has 1 aliphatic rings. The highest BCUT2D eigenvalue weighted by Crippen LogP contribution is 2.37. The van der Waals surface area contributed by atoms with Crippen molar-refractivity contribution < 1.29 is 4.79 Å². The van der Waals surface area contributed by atoms with Gasteiger partial charge in [-0.25, -0.2) is 0 Å². The molecule has 0 fully saturated rings. The van der Waals surface area contributed by atoms with E-state index < -0.39 is 0 Å². The van der Waals surface area contributed by atoms with Gasteiger partial charge >= 0.3 is 0 Å². The lowest BCUT2D eigenvalue weighted by Gasteiger charge is -2.30. The largest absolute Gasteiger partial charge is 0.315 e. The molecule has 84 valence electrons. The van der Waals surface area contributed by atoms with E-state index >= 15 is 0 Å². The fourth-order valence-corrected chi connectivity index (χ4v) is 2.88. The zero-order valence-corrected chi connectivity index (χ0v) is 10.3. The predicted octanol–water partition coefficient (Wildman–Crippen LogP) is 3.18. The molecule has 1 aromatic carbocycles. The molecule has 0 spiro atoms. The van der Waals surface area contributed by atoms with E-state index in [1.165, 1.54) is 0 Å². The summed E-state index contributed by atoms with van der Waals surface area (Å²) in [5.74, 6) is 0.193. The van der Waals surface area contributed by atoms with Crippen LogP contribution in [0.25, 0.3) is 0 Å². The Morgan fingerprint density at radius 1 is 1.31 bits per heavy atom. The number of benzene rings is 1. The number of hydrogen-bond donors (Lipinski definition) is 0. The molecule has 1 amide bonds. The molecule has 1 heterocycles. The van der Waals surface area contributed by atoms with Crippen molar-refractivity contribution in [3.8, 4) is 0 Å². The van der Waals surface area contributed by atoms with Crippen molar-refractivity contribution in [1.82, 2.24) is 4.90 Å². The van der Waals surface area contributed by atoms with Gasteiger partial charge in [-0.2, -0.15) is 0 Å². The minimum Gasteiger partial charge on any atom is -0.315 e. The van der Waals surface area contributed by atoms with Crippen LogP contribution in [0.2, 0.25) is 0 Å². The molecule has 0 radical (unpaired) electrons. The van der Waals surface area contributed by atoms with Gasteiger partial charge in [-0.15, -0.1) is 11.8 Å². The van der Waals surface area contributed by atoms with Crippen LogP contribution >= 0.6 is 11.8 Å². The molecule has 2 rings (SSSR count). The van der Waals surface area contributed by atoms with Crippen LogP contribution in [0.15, 0.2) is 41.4 Å². The maximum atomic E-state index is 12.2. The third-order valence-corrected chi connectivity index (χ3v) is 3.93. The third-order valence-electron chi connectivity index (χ3n) is 2.71. The number of hydrogen-bond acceptors (Lipinski definition) is 2. The highest BCUT2D eigenvalue weighted by atomic mass is 32.2. The zero-order valence-electron chi connectivity index (χ0n) is 9.51. The molecule has 1 atom stereocenters. The summed E-state index contributed by atoms with van der Waals surface area (Å²) >= 11 is 1.60. The number of nitrogens with zero attached hydrogens (tertiary/aromatic N) is 1. The van der Waals surface area contributed by atoms with Crippen LogP contribution in [0.1, 0.15) is 24.7 Å². The maximum absolute atomic E-state index is 12.2. The molecule has 1 aliphatic heterocycles. The number of amides is 1. The van der Waals surface area contributed by atoms with Crippen molar-refractivity contribution in [3.05, 3.63) is 47.0 Å². The highest BCUT2D eigenvalue weighted by Gasteiger charge is 2.29. The summed E-state index contributed by atoms with van der Waals surface area (Å²) in [4.78, 5) is 14.1. The Balaban J connectivity index is 2.29. The average Bonchev–Trinajstić information content (AvgIpc) is 2.31. The predicted molar refractivity (Wildman–Crippen MR) is 67.9 cm³/mol. The smallest absolute Gasteiger partial charge is 0.244 e. The van der Waals surface area contributed by atoms with Gasteiger partial charge in [0.15, 0.2) is 0 Å². The Morgan fingerprint density at radius 2 is 2.00 bits per heavy atom. The Bertz CT molecular complexity index is 413. The lowest BCUT2D eigenvalue weighted by molar-refractivity contribution is -0.128. The minimum atomic E-state index is -0.0788. The Morgan fingerprint density at radius 3 is 2.62 bits per heavy atom. The third kappa shape index (κ3) is 2.00.